The van der Waals surface area contributed by atoms with E-state index < -0.39 is 17.4 Å². The second-order valence-corrected chi connectivity index (χ2v) is 8.10. The monoisotopic (exact) mass is 461 g/mol. The third-order valence-electron chi connectivity index (χ3n) is 4.70. The van der Waals surface area contributed by atoms with Crippen LogP contribution < -0.4 is 4.90 Å². The summed E-state index contributed by atoms with van der Waals surface area (Å²) in [5.74, 6) is -0.838. The lowest BCUT2D eigenvalue weighted by molar-refractivity contribution is -0.116. The van der Waals surface area contributed by atoms with Crippen molar-refractivity contribution in [3.05, 3.63) is 78.2 Å². The Labute approximate surface area is 184 Å². The van der Waals surface area contributed by atoms with E-state index in [1.165, 1.54) is 41.3 Å². The number of amides is 3. The average molecular weight is 461 g/mol. The van der Waals surface area contributed by atoms with Crippen LogP contribution in [0.1, 0.15) is 5.56 Å². The fourth-order valence-corrected chi connectivity index (χ4v) is 3.84. The van der Waals surface area contributed by atoms with E-state index in [1.807, 2.05) is 0 Å². The maximum absolute atomic E-state index is 13.2. The van der Waals surface area contributed by atoms with Crippen molar-refractivity contribution >= 4 is 29.4 Å². The highest BCUT2D eigenvalue weighted by molar-refractivity contribution is 8.00. The Balaban J connectivity index is 1.49. The average Bonchev–Trinajstić information content (AvgIpc) is 3.01. The third-order valence-corrected chi connectivity index (χ3v) is 5.44. The van der Waals surface area contributed by atoms with Crippen LogP contribution in [0.2, 0.25) is 0 Å². The quantitative estimate of drug-likeness (QED) is 0.287. The number of halogens is 4. The van der Waals surface area contributed by atoms with Crippen LogP contribution in [-0.2, 0) is 11.3 Å². The Morgan fingerprint density at radius 1 is 0.969 bits per heavy atom. The maximum atomic E-state index is 13.2. The van der Waals surface area contributed by atoms with Gasteiger partial charge < -0.3 is 4.90 Å². The summed E-state index contributed by atoms with van der Waals surface area (Å²) in [6.45, 7) is -0.0219. The van der Waals surface area contributed by atoms with E-state index in [4.69, 9.17) is 0 Å². The van der Waals surface area contributed by atoms with Crippen LogP contribution in [0.25, 0.3) is 11.3 Å². The van der Waals surface area contributed by atoms with Crippen molar-refractivity contribution in [2.45, 2.75) is 16.9 Å². The first-order valence-electron chi connectivity index (χ1n) is 9.38. The minimum atomic E-state index is -4.42. The van der Waals surface area contributed by atoms with Crippen molar-refractivity contribution in [2.24, 2.45) is 0 Å². The molecule has 32 heavy (non-hydrogen) atoms. The molecule has 0 radical (unpaired) electrons. The molecule has 10 heteroatoms. The molecule has 1 fully saturated rings. The van der Waals surface area contributed by atoms with Crippen LogP contribution in [0, 0.1) is 5.82 Å². The number of urea groups is 1. The molecule has 1 saturated heterocycles. The van der Waals surface area contributed by atoms with Crippen LogP contribution in [0.5, 0.6) is 0 Å². The van der Waals surface area contributed by atoms with Crippen molar-refractivity contribution in [3.8, 4) is 11.3 Å². The Kier molecular flexibility index (Phi) is 5.88. The fourth-order valence-electron chi connectivity index (χ4n) is 3.30. The molecule has 0 unspecified atom stereocenters. The molecule has 3 amide bonds. The predicted molar refractivity (Wildman–Crippen MR) is 111 cm³/mol. The van der Waals surface area contributed by atoms with Gasteiger partial charge in [0.2, 0.25) is 0 Å². The van der Waals surface area contributed by atoms with Gasteiger partial charge in [-0.3, -0.25) is 9.78 Å². The van der Waals surface area contributed by atoms with E-state index in [0.717, 1.165) is 10.5 Å². The van der Waals surface area contributed by atoms with E-state index in [-0.39, 0.29) is 41.3 Å². The molecule has 164 valence electrons. The summed E-state index contributed by atoms with van der Waals surface area (Å²) < 4.78 is 50.6. The number of thioether (sulfide) groups is 1. The third kappa shape index (κ3) is 4.91. The van der Waals surface area contributed by atoms with Crippen LogP contribution in [0.4, 0.5) is 28.0 Å². The van der Waals surface area contributed by atoms with Gasteiger partial charge in [0.1, 0.15) is 12.4 Å². The van der Waals surface area contributed by atoms with Gasteiger partial charge in [-0.15, -0.1) is 0 Å². The summed E-state index contributed by atoms with van der Waals surface area (Å²) in [5, 5.41) is 0. The van der Waals surface area contributed by atoms with Gasteiger partial charge >= 0.3 is 11.5 Å². The summed E-state index contributed by atoms with van der Waals surface area (Å²) in [4.78, 5) is 31.8. The molecular weight excluding hydrogens is 446 g/mol. The Morgan fingerprint density at radius 2 is 1.66 bits per heavy atom. The molecule has 2 aromatic carbocycles. The molecule has 3 aromatic rings. The lowest BCUT2D eigenvalue weighted by atomic mass is 10.1. The van der Waals surface area contributed by atoms with Crippen LogP contribution in [-0.4, -0.2) is 33.9 Å². The van der Waals surface area contributed by atoms with Crippen molar-refractivity contribution in [1.29, 1.82) is 0 Å². The number of carbonyl (C=O) groups is 2. The van der Waals surface area contributed by atoms with Gasteiger partial charge in [0, 0.05) is 23.2 Å². The first-order chi connectivity index (χ1) is 15.2. The second-order valence-electron chi connectivity index (χ2n) is 6.97. The summed E-state index contributed by atoms with van der Waals surface area (Å²) in [7, 11) is 0. The number of hydrogen-bond acceptors (Lipinski definition) is 4. The molecule has 0 atom stereocenters. The minimum Gasteiger partial charge on any atom is -0.310 e. The molecule has 4 rings (SSSR count). The number of nitrogens with zero attached hydrogens (tertiary/aromatic N) is 3. The van der Waals surface area contributed by atoms with E-state index in [9.17, 15) is 27.2 Å². The predicted octanol–water partition coefficient (Wildman–Crippen LogP) is 5.47. The van der Waals surface area contributed by atoms with Gasteiger partial charge in [0.05, 0.1) is 11.4 Å². The molecule has 1 aromatic heterocycles. The highest BCUT2D eigenvalue weighted by Crippen LogP contribution is 2.37. The normalized spacial score (nSPS) is 14.4. The largest absolute Gasteiger partial charge is 0.446 e. The number of anilines is 1. The molecule has 0 aliphatic carbocycles. The van der Waals surface area contributed by atoms with Crippen LogP contribution in [0.3, 0.4) is 0 Å². The lowest BCUT2D eigenvalue weighted by Crippen LogP contribution is -2.32. The first kappa shape index (κ1) is 21.8. The second kappa shape index (κ2) is 8.62. The van der Waals surface area contributed by atoms with Crippen molar-refractivity contribution in [2.75, 3.05) is 11.4 Å². The zero-order chi connectivity index (χ0) is 22.9. The van der Waals surface area contributed by atoms with E-state index in [1.54, 1.807) is 30.5 Å². The fraction of sp³-hybridized carbons (Fsp3) is 0.136. The van der Waals surface area contributed by atoms with Crippen LogP contribution >= 0.6 is 11.8 Å². The number of alkyl halides is 3. The number of benzene rings is 2. The molecule has 0 bridgehead atoms. The molecule has 1 aliphatic heterocycles. The van der Waals surface area contributed by atoms with Crippen molar-refractivity contribution in [1.82, 2.24) is 9.88 Å². The summed E-state index contributed by atoms with van der Waals surface area (Å²) in [6.07, 6.45) is 1.56. The molecule has 5 nitrogen and oxygen atoms in total. The number of imide groups is 1. The summed E-state index contributed by atoms with van der Waals surface area (Å²) in [5.41, 5.74) is -2.20. The highest BCUT2D eigenvalue weighted by atomic mass is 32.2. The topological polar surface area (TPSA) is 53.5 Å². The number of pyridine rings is 1. The zero-order valence-corrected chi connectivity index (χ0v) is 17.2. The Bertz CT molecular complexity index is 1150. The minimum absolute atomic E-state index is 0.0395. The molecule has 0 N–H and O–H groups in total. The number of aromatic nitrogens is 1. The molecule has 0 spiro atoms. The Hall–Kier alpha value is -3.40. The van der Waals surface area contributed by atoms with E-state index >= 15 is 0 Å². The Morgan fingerprint density at radius 3 is 2.31 bits per heavy atom. The zero-order valence-electron chi connectivity index (χ0n) is 16.3. The molecule has 0 saturated carbocycles. The molecule has 1 aliphatic rings. The smallest absolute Gasteiger partial charge is 0.310 e. The standard InChI is InChI=1S/C22H15F4N3O2S/c23-16-3-1-15(2-4-16)19-11-14(9-10-27-19)12-28-13-20(30)29(21(28)31)17-5-7-18(8-6-17)32-22(24,25)26/h1-11H,12-13H2. The van der Waals surface area contributed by atoms with Crippen molar-refractivity contribution in [3.63, 3.8) is 0 Å². The van der Waals surface area contributed by atoms with E-state index in [0.29, 0.717) is 11.3 Å². The number of rotatable bonds is 5. The number of hydrogen-bond donors (Lipinski definition) is 0. The van der Waals surface area contributed by atoms with Gasteiger partial charge in [0.25, 0.3) is 5.91 Å². The van der Waals surface area contributed by atoms with Gasteiger partial charge in [-0.2, -0.15) is 13.2 Å². The van der Waals surface area contributed by atoms with Gasteiger partial charge in [-0.1, -0.05) is 0 Å². The van der Waals surface area contributed by atoms with Crippen molar-refractivity contribution < 1.29 is 27.2 Å². The van der Waals surface area contributed by atoms with Gasteiger partial charge in [-0.05, 0) is 78.0 Å². The number of carbonyl (C=O) groups excluding carboxylic acids is 2. The SMILES string of the molecule is O=C1CN(Cc2ccnc(-c3ccc(F)cc3)c2)C(=O)N1c1ccc(SC(F)(F)F)cc1. The first-order valence-corrected chi connectivity index (χ1v) is 10.2. The lowest BCUT2D eigenvalue weighted by Gasteiger charge is -2.18. The summed E-state index contributed by atoms with van der Waals surface area (Å²) in [6, 6.07) is 13.8. The van der Waals surface area contributed by atoms with Crippen LogP contribution in [0.15, 0.2) is 71.8 Å². The maximum Gasteiger partial charge on any atom is 0.446 e. The summed E-state index contributed by atoms with van der Waals surface area (Å²) >= 11 is -0.269. The van der Waals surface area contributed by atoms with Gasteiger partial charge in [-0.25, -0.2) is 14.1 Å². The van der Waals surface area contributed by atoms with Gasteiger partial charge in [0.15, 0.2) is 0 Å². The molecular formula is C22H15F4N3O2S. The van der Waals surface area contributed by atoms with E-state index in [2.05, 4.69) is 4.98 Å². The highest BCUT2D eigenvalue weighted by Gasteiger charge is 2.37. The molecule has 2 heterocycles.